The van der Waals surface area contributed by atoms with E-state index < -0.39 is 5.82 Å². The predicted octanol–water partition coefficient (Wildman–Crippen LogP) is 4.18. The van der Waals surface area contributed by atoms with Crippen LogP contribution in [0.4, 0.5) is 4.39 Å². The van der Waals surface area contributed by atoms with Crippen molar-refractivity contribution in [2.75, 3.05) is 19.6 Å². The van der Waals surface area contributed by atoms with Crippen molar-refractivity contribution in [2.24, 2.45) is 5.92 Å². The normalized spacial score (nSPS) is 16.2. The summed E-state index contributed by atoms with van der Waals surface area (Å²) in [6.45, 7) is 3.76. The SMILES string of the molecule is O=C(NCC1CCN(Cc2cccs2)CC1)c1ccc(F)cc1Cl. The highest BCUT2D eigenvalue weighted by atomic mass is 35.5. The van der Waals surface area contributed by atoms with Gasteiger partial charge in [-0.3, -0.25) is 9.69 Å². The van der Waals surface area contributed by atoms with Crippen molar-refractivity contribution in [3.8, 4) is 0 Å². The Morgan fingerprint density at radius 3 is 2.79 bits per heavy atom. The number of carbonyl (C=O) groups excluding carboxylic acids is 1. The Morgan fingerprint density at radius 1 is 1.33 bits per heavy atom. The number of nitrogens with one attached hydrogen (secondary N) is 1. The third kappa shape index (κ3) is 4.56. The molecule has 0 radical (unpaired) electrons. The smallest absolute Gasteiger partial charge is 0.252 e. The first-order valence-corrected chi connectivity index (χ1v) is 9.35. The molecule has 2 aromatic rings. The van der Waals surface area contributed by atoms with Crippen LogP contribution in [0.1, 0.15) is 28.1 Å². The van der Waals surface area contributed by atoms with Gasteiger partial charge in [-0.2, -0.15) is 0 Å². The Bertz CT molecular complexity index is 684. The van der Waals surface area contributed by atoms with Gasteiger partial charge in [0, 0.05) is 18.0 Å². The molecule has 1 N–H and O–H groups in total. The Hall–Kier alpha value is -1.43. The van der Waals surface area contributed by atoms with Crippen LogP contribution in [0.15, 0.2) is 35.7 Å². The summed E-state index contributed by atoms with van der Waals surface area (Å²) in [5.74, 6) is -0.191. The molecule has 1 fully saturated rings. The van der Waals surface area contributed by atoms with E-state index in [-0.39, 0.29) is 10.9 Å². The number of halogens is 2. The van der Waals surface area contributed by atoms with Crippen LogP contribution in [0.2, 0.25) is 5.02 Å². The third-order valence-electron chi connectivity index (χ3n) is 4.39. The number of amides is 1. The van der Waals surface area contributed by atoms with Crippen molar-refractivity contribution in [2.45, 2.75) is 19.4 Å². The lowest BCUT2D eigenvalue weighted by atomic mass is 9.96. The molecule has 0 saturated carbocycles. The molecule has 2 heterocycles. The maximum absolute atomic E-state index is 13.0. The molecular weight excluding hydrogens is 347 g/mol. The van der Waals surface area contributed by atoms with Gasteiger partial charge in [0.2, 0.25) is 0 Å². The Labute approximate surface area is 150 Å². The Morgan fingerprint density at radius 2 is 2.12 bits per heavy atom. The van der Waals surface area contributed by atoms with Crippen molar-refractivity contribution in [3.63, 3.8) is 0 Å². The van der Waals surface area contributed by atoms with Gasteiger partial charge in [0.05, 0.1) is 10.6 Å². The first kappa shape index (κ1) is 17.4. The van der Waals surface area contributed by atoms with E-state index in [0.717, 1.165) is 32.5 Å². The topological polar surface area (TPSA) is 32.3 Å². The zero-order valence-corrected chi connectivity index (χ0v) is 14.9. The van der Waals surface area contributed by atoms with Gasteiger partial charge in [0.15, 0.2) is 0 Å². The monoisotopic (exact) mass is 366 g/mol. The van der Waals surface area contributed by atoms with E-state index in [9.17, 15) is 9.18 Å². The van der Waals surface area contributed by atoms with E-state index >= 15 is 0 Å². The molecule has 1 aromatic carbocycles. The summed E-state index contributed by atoms with van der Waals surface area (Å²) in [4.78, 5) is 16.0. The fourth-order valence-electron chi connectivity index (χ4n) is 2.98. The Balaban J connectivity index is 1.44. The highest BCUT2D eigenvalue weighted by Crippen LogP contribution is 2.21. The maximum Gasteiger partial charge on any atom is 0.252 e. The van der Waals surface area contributed by atoms with Crippen LogP contribution >= 0.6 is 22.9 Å². The number of hydrogen-bond donors (Lipinski definition) is 1. The van der Waals surface area contributed by atoms with Crippen LogP contribution in [-0.4, -0.2) is 30.4 Å². The lowest BCUT2D eigenvalue weighted by Gasteiger charge is -2.31. The van der Waals surface area contributed by atoms with Crippen LogP contribution < -0.4 is 5.32 Å². The minimum atomic E-state index is -0.435. The molecule has 0 spiro atoms. The van der Waals surface area contributed by atoms with Gasteiger partial charge in [0.25, 0.3) is 5.91 Å². The molecule has 1 aromatic heterocycles. The van der Waals surface area contributed by atoms with Gasteiger partial charge in [-0.25, -0.2) is 4.39 Å². The minimum absolute atomic E-state index is 0.151. The summed E-state index contributed by atoms with van der Waals surface area (Å²) < 4.78 is 13.0. The molecule has 3 rings (SSSR count). The fourth-order valence-corrected chi connectivity index (χ4v) is 3.98. The molecule has 6 heteroatoms. The van der Waals surface area contributed by atoms with Crippen molar-refractivity contribution in [1.29, 1.82) is 0 Å². The molecule has 128 valence electrons. The van der Waals surface area contributed by atoms with E-state index in [1.807, 2.05) is 0 Å². The second kappa shape index (κ2) is 8.10. The van der Waals surface area contributed by atoms with E-state index in [0.29, 0.717) is 18.0 Å². The van der Waals surface area contributed by atoms with Gasteiger partial charge < -0.3 is 5.32 Å². The number of rotatable bonds is 5. The largest absolute Gasteiger partial charge is 0.352 e. The summed E-state index contributed by atoms with van der Waals surface area (Å²) in [6, 6.07) is 8.10. The van der Waals surface area contributed by atoms with E-state index in [1.165, 1.54) is 23.1 Å². The molecule has 0 bridgehead atoms. The van der Waals surface area contributed by atoms with Gasteiger partial charge in [-0.1, -0.05) is 17.7 Å². The number of likely N-dealkylation sites (tertiary alicyclic amines) is 1. The van der Waals surface area contributed by atoms with Crippen LogP contribution in [0, 0.1) is 11.7 Å². The van der Waals surface area contributed by atoms with Crippen molar-refractivity contribution in [1.82, 2.24) is 10.2 Å². The second-order valence-corrected chi connectivity index (χ2v) is 7.57. The Kier molecular flexibility index (Phi) is 5.87. The van der Waals surface area contributed by atoms with E-state index in [4.69, 9.17) is 11.6 Å². The van der Waals surface area contributed by atoms with Crippen LogP contribution in [0.3, 0.4) is 0 Å². The number of piperidine rings is 1. The molecule has 1 saturated heterocycles. The first-order valence-electron chi connectivity index (χ1n) is 8.10. The van der Waals surface area contributed by atoms with Gasteiger partial charge in [0.1, 0.15) is 5.82 Å². The van der Waals surface area contributed by atoms with Gasteiger partial charge >= 0.3 is 0 Å². The van der Waals surface area contributed by atoms with Crippen molar-refractivity contribution < 1.29 is 9.18 Å². The lowest BCUT2D eigenvalue weighted by Crippen LogP contribution is -2.38. The standard InChI is InChI=1S/C18H20ClFN2OS/c19-17-10-14(20)3-4-16(17)18(23)21-11-13-5-7-22(8-6-13)12-15-2-1-9-24-15/h1-4,9-10,13H,5-8,11-12H2,(H,21,23). The zero-order chi connectivity index (χ0) is 16.9. The summed E-state index contributed by atoms with van der Waals surface area (Å²) in [7, 11) is 0. The van der Waals surface area contributed by atoms with E-state index in [1.54, 1.807) is 11.3 Å². The molecular formula is C18H20ClFN2OS. The zero-order valence-electron chi connectivity index (χ0n) is 13.3. The quantitative estimate of drug-likeness (QED) is 0.860. The van der Waals surface area contributed by atoms with Crippen molar-refractivity contribution in [3.05, 3.63) is 57.0 Å². The predicted molar refractivity (Wildman–Crippen MR) is 96.1 cm³/mol. The summed E-state index contributed by atoms with van der Waals surface area (Å²) >= 11 is 7.72. The molecule has 1 aliphatic heterocycles. The average molecular weight is 367 g/mol. The number of nitrogens with zero attached hydrogens (tertiary/aromatic N) is 1. The third-order valence-corrected chi connectivity index (χ3v) is 5.57. The molecule has 0 atom stereocenters. The van der Waals surface area contributed by atoms with Gasteiger partial charge in [-0.15, -0.1) is 11.3 Å². The average Bonchev–Trinajstić information content (AvgIpc) is 3.07. The molecule has 0 unspecified atom stereocenters. The molecule has 1 aliphatic rings. The highest BCUT2D eigenvalue weighted by Gasteiger charge is 2.20. The lowest BCUT2D eigenvalue weighted by molar-refractivity contribution is 0.0935. The number of benzene rings is 1. The maximum atomic E-state index is 13.0. The van der Waals surface area contributed by atoms with Crippen LogP contribution in [-0.2, 0) is 6.54 Å². The second-order valence-electron chi connectivity index (χ2n) is 6.13. The minimum Gasteiger partial charge on any atom is -0.352 e. The summed E-state index contributed by atoms with van der Waals surface area (Å²) in [5.41, 5.74) is 0.327. The van der Waals surface area contributed by atoms with Crippen molar-refractivity contribution >= 4 is 28.8 Å². The van der Waals surface area contributed by atoms with Crippen LogP contribution in [0.5, 0.6) is 0 Å². The summed E-state index contributed by atoms with van der Waals surface area (Å²) in [6.07, 6.45) is 2.14. The molecule has 3 nitrogen and oxygen atoms in total. The first-order chi connectivity index (χ1) is 11.6. The summed E-state index contributed by atoms with van der Waals surface area (Å²) in [5, 5.41) is 5.19. The number of hydrogen-bond acceptors (Lipinski definition) is 3. The molecule has 24 heavy (non-hydrogen) atoms. The highest BCUT2D eigenvalue weighted by molar-refractivity contribution is 7.09. The number of carbonyl (C=O) groups is 1. The number of thiophene rings is 1. The van der Waals surface area contributed by atoms with Crippen LogP contribution in [0.25, 0.3) is 0 Å². The molecule has 0 aliphatic carbocycles. The fraction of sp³-hybridized carbons (Fsp3) is 0.389. The molecule has 1 amide bonds. The van der Waals surface area contributed by atoms with Gasteiger partial charge in [-0.05, 0) is 61.5 Å². The van der Waals surface area contributed by atoms with E-state index in [2.05, 4.69) is 27.7 Å².